The van der Waals surface area contributed by atoms with Crippen LogP contribution in [0.25, 0.3) is 0 Å². The number of hydrogen-bond acceptors (Lipinski definition) is 9. The fourth-order valence-electron chi connectivity index (χ4n) is 3.29. The molecule has 1 aliphatic rings. The van der Waals surface area contributed by atoms with E-state index in [4.69, 9.17) is 19.9 Å². The summed E-state index contributed by atoms with van der Waals surface area (Å²) in [7, 11) is 0. The number of benzene rings is 2. The monoisotopic (exact) mass is 436 g/mol. The predicted octanol–water partition coefficient (Wildman–Crippen LogP) is 1.59. The molecule has 1 unspecified atom stereocenters. The second-order valence-corrected chi connectivity index (χ2v) is 7.04. The first kappa shape index (κ1) is 21.2. The van der Waals surface area contributed by atoms with Gasteiger partial charge in [-0.05, 0) is 24.3 Å². The van der Waals surface area contributed by atoms with E-state index in [1.807, 2.05) is 0 Å². The van der Waals surface area contributed by atoms with Crippen LogP contribution in [0.4, 0.5) is 5.95 Å². The number of anilines is 1. The Morgan fingerprint density at radius 1 is 1.03 bits per heavy atom. The van der Waals surface area contributed by atoms with Crippen LogP contribution in [-0.2, 0) is 14.2 Å². The van der Waals surface area contributed by atoms with Crippen LogP contribution in [0.3, 0.4) is 0 Å². The Kier molecular flexibility index (Phi) is 6.22. The topological polar surface area (TPSA) is 136 Å². The number of rotatable bonds is 6. The van der Waals surface area contributed by atoms with E-state index in [0.29, 0.717) is 11.1 Å². The van der Waals surface area contributed by atoms with E-state index in [0.717, 1.165) is 4.57 Å². The minimum Gasteiger partial charge on any atom is -0.459 e. The quantitative estimate of drug-likeness (QED) is 0.571. The van der Waals surface area contributed by atoms with Crippen molar-refractivity contribution in [2.24, 2.45) is 0 Å². The van der Waals surface area contributed by atoms with Gasteiger partial charge in [0.05, 0.1) is 11.1 Å². The highest BCUT2D eigenvalue weighted by Crippen LogP contribution is 2.31. The molecule has 10 nitrogen and oxygen atoms in total. The number of carbonyl (C=O) groups excluding carboxylic acids is 2. The number of ether oxygens (including phenoxy) is 3. The van der Waals surface area contributed by atoms with Crippen LogP contribution >= 0.6 is 0 Å². The molecule has 0 radical (unpaired) electrons. The smallest absolute Gasteiger partial charge is 0.354 e. The maximum atomic E-state index is 12.6. The lowest BCUT2D eigenvalue weighted by molar-refractivity contribution is -0.0584. The van der Waals surface area contributed by atoms with Gasteiger partial charge in [0.25, 0.3) is 0 Å². The van der Waals surface area contributed by atoms with Gasteiger partial charge in [-0.25, -0.2) is 19.4 Å². The highest BCUT2D eigenvalue weighted by molar-refractivity contribution is 5.90. The molecule has 10 heteroatoms. The van der Waals surface area contributed by atoms with E-state index in [9.17, 15) is 14.4 Å². The first-order chi connectivity index (χ1) is 15.5. The Morgan fingerprint density at radius 3 is 2.28 bits per heavy atom. The van der Waals surface area contributed by atoms with Gasteiger partial charge in [0, 0.05) is 6.42 Å². The highest BCUT2D eigenvalue weighted by atomic mass is 16.6. The Balaban J connectivity index is 1.50. The average molecular weight is 436 g/mol. The van der Waals surface area contributed by atoms with Crippen LogP contribution in [-0.4, -0.2) is 45.3 Å². The molecule has 1 saturated heterocycles. The van der Waals surface area contributed by atoms with Crippen LogP contribution in [0.15, 0.2) is 71.8 Å². The summed E-state index contributed by atoms with van der Waals surface area (Å²) in [6.07, 6.45) is -1.05. The molecule has 2 aromatic carbocycles. The maximum absolute atomic E-state index is 12.6. The molecule has 4 rings (SSSR count). The fourth-order valence-corrected chi connectivity index (χ4v) is 3.29. The van der Waals surface area contributed by atoms with Gasteiger partial charge < -0.3 is 19.9 Å². The van der Waals surface area contributed by atoms with Crippen LogP contribution in [0, 0.1) is 0 Å². The van der Waals surface area contributed by atoms with Crippen molar-refractivity contribution in [2.45, 2.75) is 24.9 Å². The van der Waals surface area contributed by atoms with E-state index in [-0.39, 0.29) is 19.0 Å². The van der Waals surface area contributed by atoms with Gasteiger partial charge in [-0.15, -0.1) is 0 Å². The minimum absolute atomic E-state index is 0.138. The Bertz CT molecular complexity index is 1150. The summed E-state index contributed by atoms with van der Waals surface area (Å²) < 4.78 is 18.0. The van der Waals surface area contributed by atoms with Gasteiger partial charge in [0.2, 0.25) is 5.95 Å². The lowest BCUT2D eigenvalue weighted by Gasteiger charge is -2.19. The number of nitrogens with zero attached hydrogens (tertiary/aromatic N) is 3. The zero-order valence-corrected chi connectivity index (χ0v) is 16.9. The van der Waals surface area contributed by atoms with E-state index in [1.54, 1.807) is 60.7 Å². The maximum Gasteiger partial charge on any atom is 0.354 e. The Labute approximate surface area is 182 Å². The second-order valence-electron chi connectivity index (χ2n) is 7.04. The molecule has 0 spiro atoms. The molecule has 3 atom stereocenters. The third-order valence-electron chi connectivity index (χ3n) is 4.89. The first-order valence-electron chi connectivity index (χ1n) is 9.85. The molecule has 2 heterocycles. The lowest BCUT2D eigenvalue weighted by atomic mass is 10.1. The first-order valence-corrected chi connectivity index (χ1v) is 9.85. The van der Waals surface area contributed by atoms with E-state index >= 15 is 0 Å². The average Bonchev–Trinajstić information content (AvgIpc) is 3.20. The van der Waals surface area contributed by atoms with E-state index < -0.39 is 36.1 Å². The van der Waals surface area contributed by atoms with Crippen molar-refractivity contribution in [3.8, 4) is 0 Å². The normalized spacial score (nSPS) is 19.9. The molecule has 1 fully saturated rings. The summed E-state index contributed by atoms with van der Waals surface area (Å²) in [6.45, 7) is -0.179. The summed E-state index contributed by atoms with van der Waals surface area (Å²) in [6, 6.07) is 16.9. The van der Waals surface area contributed by atoms with Crippen molar-refractivity contribution < 1.29 is 23.8 Å². The fraction of sp³-hybridized carbons (Fsp3) is 0.227. The molecule has 3 aromatic rings. The molecule has 1 aromatic heterocycles. The van der Waals surface area contributed by atoms with Crippen molar-refractivity contribution in [1.29, 1.82) is 0 Å². The summed E-state index contributed by atoms with van der Waals surface area (Å²) in [5.41, 5.74) is 5.53. The summed E-state index contributed by atoms with van der Waals surface area (Å²) in [4.78, 5) is 44.5. The van der Waals surface area contributed by atoms with Crippen molar-refractivity contribution in [3.63, 3.8) is 0 Å². The van der Waals surface area contributed by atoms with Crippen molar-refractivity contribution >= 4 is 17.9 Å². The SMILES string of the molecule is Nc1ncn(C2C[C@@H](OC(=O)c3ccccc3)[C@@H](COC(=O)c3ccccc3)O2)c(=O)n1. The Morgan fingerprint density at radius 2 is 1.66 bits per heavy atom. The van der Waals surface area contributed by atoms with Gasteiger partial charge in [-0.1, -0.05) is 36.4 Å². The Hall–Kier alpha value is -4.05. The van der Waals surface area contributed by atoms with Gasteiger partial charge in [0.1, 0.15) is 31.4 Å². The van der Waals surface area contributed by atoms with Gasteiger partial charge in [-0.2, -0.15) is 4.98 Å². The van der Waals surface area contributed by atoms with Crippen LogP contribution in [0.2, 0.25) is 0 Å². The summed E-state index contributed by atoms with van der Waals surface area (Å²) >= 11 is 0. The molecule has 0 aliphatic carbocycles. The molecule has 164 valence electrons. The van der Waals surface area contributed by atoms with Crippen LogP contribution in [0.5, 0.6) is 0 Å². The number of nitrogen functional groups attached to an aromatic ring is 1. The number of esters is 2. The standard InChI is InChI=1S/C22H20N4O6/c23-21-24-13-26(22(29)25-21)18-11-16(32-20(28)15-9-5-2-6-10-15)17(31-18)12-30-19(27)14-7-3-1-4-8-14/h1-10,13,16-18H,11-12H2,(H2,23,25,29)/t16-,17-,18?/m1/s1. The summed E-state index contributed by atoms with van der Waals surface area (Å²) in [5.74, 6) is -1.26. The van der Waals surface area contributed by atoms with Crippen molar-refractivity contribution in [1.82, 2.24) is 14.5 Å². The molecule has 32 heavy (non-hydrogen) atoms. The zero-order chi connectivity index (χ0) is 22.5. The third-order valence-corrected chi connectivity index (χ3v) is 4.89. The number of nitrogens with two attached hydrogens (primary N) is 1. The minimum atomic E-state index is -0.822. The molecule has 2 N–H and O–H groups in total. The van der Waals surface area contributed by atoms with Crippen LogP contribution < -0.4 is 11.4 Å². The molecule has 0 bridgehead atoms. The second kappa shape index (κ2) is 9.40. The molecule has 1 aliphatic heterocycles. The van der Waals surface area contributed by atoms with Gasteiger partial charge in [0.15, 0.2) is 0 Å². The summed E-state index contributed by atoms with van der Waals surface area (Å²) in [5, 5.41) is 0. The van der Waals surface area contributed by atoms with Crippen molar-refractivity contribution in [2.75, 3.05) is 12.3 Å². The van der Waals surface area contributed by atoms with Crippen molar-refractivity contribution in [3.05, 3.63) is 88.6 Å². The van der Waals surface area contributed by atoms with E-state index in [2.05, 4.69) is 9.97 Å². The van der Waals surface area contributed by atoms with E-state index in [1.165, 1.54) is 6.33 Å². The zero-order valence-electron chi connectivity index (χ0n) is 16.9. The number of aromatic nitrogens is 3. The van der Waals surface area contributed by atoms with Crippen LogP contribution in [0.1, 0.15) is 33.4 Å². The molecule has 0 amide bonds. The van der Waals surface area contributed by atoms with Gasteiger partial charge in [-0.3, -0.25) is 4.57 Å². The predicted molar refractivity (Wildman–Crippen MR) is 112 cm³/mol. The molecule has 0 saturated carbocycles. The largest absolute Gasteiger partial charge is 0.459 e. The van der Waals surface area contributed by atoms with Gasteiger partial charge >= 0.3 is 17.6 Å². The molecular formula is C22H20N4O6. The molecular weight excluding hydrogens is 416 g/mol. The number of hydrogen-bond donors (Lipinski definition) is 1. The third kappa shape index (κ3) is 4.81. The highest BCUT2D eigenvalue weighted by Gasteiger charge is 2.40. The number of carbonyl (C=O) groups is 2. The lowest BCUT2D eigenvalue weighted by Crippen LogP contribution is -2.32.